The lowest BCUT2D eigenvalue weighted by Crippen LogP contribution is -2.31. The van der Waals surface area contributed by atoms with Gasteiger partial charge in [-0.05, 0) is 36.1 Å². The minimum atomic E-state index is 0.280. The predicted octanol–water partition coefficient (Wildman–Crippen LogP) is 3.31. The summed E-state index contributed by atoms with van der Waals surface area (Å²) in [5, 5.41) is 9.37. The minimum Gasteiger partial charge on any atom is -0.395 e. The number of benzene rings is 2. The zero-order valence-electron chi connectivity index (χ0n) is 11.7. The molecule has 1 N–H and O–H groups in total. The Morgan fingerprint density at radius 2 is 1.65 bits per heavy atom. The zero-order valence-corrected chi connectivity index (χ0v) is 11.7. The molecule has 0 aromatic heterocycles. The van der Waals surface area contributed by atoms with Crippen molar-refractivity contribution in [2.45, 2.75) is 25.4 Å². The molecule has 0 aliphatic carbocycles. The molecular formula is C18H21NO. The van der Waals surface area contributed by atoms with Crippen molar-refractivity contribution in [3.63, 3.8) is 0 Å². The topological polar surface area (TPSA) is 23.5 Å². The average Bonchev–Trinajstić information content (AvgIpc) is 2.96. The molecule has 0 unspecified atom stereocenters. The van der Waals surface area contributed by atoms with Gasteiger partial charge in [-0.25, -0.2) is 0 Å². The van der Waals surface area contributed by atoms with E-state index in [2.05, 4.69) is 53.4 Å². The molecule has 1 saturated heterocycles. The molecule has 2 aromatic rings. The smallest absolute Gasteiger partial charge is 0.0587 e. The monoisotopic (exact) mass is 267 g/mol. The van der Waals surface area contributed by atoms with Gasteiger partial charge in [0.2, 0.25) is 0 Å². The summed E-state index contributed by atoms with van der Waals surface area (Å²) < 4.78 is 0. The van der Waals surface area contributed by atoms with Crippen molar-refractivity contribution in [1.29, 1.82) is 0 Å². The maximum absolute atomic E-state index is 9.37. The van der Waals surface area contributed by atoms with Crippen molar-refractivity contribution in [2.75, 3.05) is 13.2 Å². The summed E-state index contributed by atoms with van der Waals surface area (Å²) in [5.41, 5.74) is 3.84. The molecule has 1 aliphatic heterocycles. The number of aliphatic hydroxyl groups is 1. The van der Waals surface area contributed by atoms with E-state index in [0.29, 0.717) is 6.04 Å². The van der Waals surface area contributed by atoms with Gasteiger partial charge in [0.25, 0.3) is 0 Å². The van der Waals surface area contributed by atoms with Crippen molar-refractivity contribution in [3.8, 4) is 11.1 Å². The van der Waals surface area contributed by atoms with E-state index in [4.69, 9.17) is 0 Å². The third-order valence-corrected chi connectivity index (χ3v) is 4.16. The molecule has 20 heavy (non-hydrogen) atoms. The van der Waals surface area contributed by atoms with Crippen molar-refractivity contribution in [1.82, 2.24) is 4.90 Å². The summed E-state index contributed by atoms with van der Waals surface area (Å²) in [5.74, 6) is 0. The van der Waals surface area contributed by atoms with Crippen LogP contribution in [0, 0.1) is 0 Å². The number of likely N-dealkylation sites (tertiary alicyclic amines) is 1. The second kappa shape index (κ2) is 6.21. The van der Waals surface area contributed by atoms with Gasteiger partial charge >= 0.3 is 0 Å². The van der Waals surface area contributed by atoms with Gasteiger partial charge in [0, 0.05) is 12.6 Å². The SMILES string of the molecule is OC[C@H]1CCCN1Cc1ccc(-c2ccccc2)cc1. The van der Waals surface area contributed by atoms with Gasteiger partial charge in [-0.1, -0.05) is 54.6 Å². The summed E-state index contributed by atoms with van der Waals surface area (Å²) in [6, 6.07) is 19.6. The minimum absolute atomic E-state index is 0.280. The first-order chi connectivity index (χ1) is 9.86. The fourth-order valence-electron chi connectivity index (χ4n) is 2.98. The summed E-state index contributed by atoms with van der Waals surface area (Å²) >= 11 is 0. The van der Waals surface area contributed by atoms with Gasteiger partial charge in [-0.3, -0.25) is 4.90 Å². The third-order valence-electron chi connectivity index (χ3n) is 4.16. The summed E-state index contributed by atoms with van der Waals surface area (Å²) in [4.78, 5) is 2.39. The fourth-order valence-corrected chi connectivity index (χ4v) is 2.98. The van der Waals surface area contributed by atoms with Crippen LogP contribution in [0.25, 0.3) is 11.1 Å². The number of hydrogen-bond donors (Lipinski definition) is 1. The summed E-state index contributed by atoms with van der Waals surface area (Å²) in [6.07, 6.45) is 2.33. The molecule has 2 nitrogen and oxygen atoms in total. The highest BCUT2D eigenvalue weighted by Gasteiger charge is 2.23. The Morgan fingerprint density at radius 1 is 0.950 bits per heavy atom. The van der Waals surface area contributed by atoms with E-state index in [1.54, 1.807) is 0 Å². The molecule has 1 heterocycles. The Morgan fingerprint density at radius 3 is 2.35 bits per heavy atom. The molecule has 104 valence electrons. The Kier molecular flexibility index (Phi) is 4.14. The van der Waals surface area contributed by atoms with Crippen LogP contribution < -0.4 is 0 Å². The van der Waals surface area contributed by atoms with Crippen LogP contribution in [-0.4, -0.2) is 29.2 Å². The van der Waals surface area contributed by atoms with E-state index in [1.165, 1.54) is 23.1 Å². The average molecular weight is 267 g/mol. The zero-order chi connectivity index (χ0) is 13.8. The van der Waals surface area contributed by atoms with Gasteiger partial charge in [-0.15, -0.1) is 0 Å². The first kappa shape index (κ1) is 13.3. The van der Waals surface area contributed by atoms with Crippen LogP contribution in [0.3, 0.4) is 0 Å². The molecule has 1 fully saturated rings. The van der Waals surface area contributed by atoms with E-state index in [1.807, 2.05) is 6.07 Å². The molecule has 1 atom stereocenters. The molecule has 0 bridgehead atoms. The molecule has 1 aliphatic rings. The molecule has 0 saturated carbocycles. The molecule has 2 aromatic carbocycles. The Bertz CT molecular complexity index is 535. The summed E-state index contributed by atoms with van der Waals surface area (Å²) in [6.45, 7) is 2.33. The normalized spacial score (nSPS) is 19.4. The second-order valence-corrected chi connectivity index (χ2v) is 5.51. The second-order valence-electron chi connectivity index (χ2n) is 5.51. The van der Waals surface area contributed by atoms with Gasteiger partial charge in [0.1, 0.15) is 0 Å². The lowest BCUT2D eigenvalue weighted by molar-refractivity contribution is 0.153. The first-order valence-electron chi connectivity index (χ1n) is 7.36. The van der Waals surface area contributed by atoms with Gasteiger partial charge in [-0.2, -0.15) is 0 Å². The van der Waals surface area contributed by atoms with Gasteiger partial charge in [0.15, 0.2) is 0 Å². The van der Waals surface area contributed by atoms with Crippen LogP contribution in [0.1, 0.15) is 18.4 Å². The van der Waals surface area contributed by atoms with E-state index < -0.39 is 0 Å². The highest BCUT2D eigenvalue weighted by molar-refractivity contribution is 5.63. The van der Waals surface area contributed by atoms with Crippen LogP contribution in [0.2, 0.25) is 0 Å². The Labute approximate surface area is 120 Å². The number of nitrogens with zero attached hydrogens (tertiary/aromatic N) is 1. The number of hydrogen-bond acceptors (Lipinski definition) is 2. The largest absolute Gasteiger partial charge is 0.395 e. The van der Waals surface area contributed by atoms with Crippen molar-refractivity contribution in [2.24, 2.45) is 0 Å². The quantitative estimate of drug-likeness (QED) is 0.918. The van der Waals surface area contributed by atoms with Crippen molar-refractivity contribution >= 4 is 0 Å². The maximum atomic E-state index is 9.37. The third kappa shape index (κ3) is 2.92. The van der Waals surface area contributed by atoms with Crippen LogP contribution in [0.15, 0.2) is 54.6 Å². The van der Waals surface area contributed by atoms with E-state index in [0.717, 1.165) is 19.5 Å². The van der Waals surface area contributed by atoms with Crippen molar-refractivity contribution < 1.29 is 5.11 Å². The molecule has 0 spiro atoms. The van der Waals surface area contributed by atoms with Crippen LogP contribution >= 0.6 is 0 Å². The van der Waals surface area contributed by atoms with Crippen LogP contribution in [-0.2, 0) is 6.54 Å². The maximum Gasteiger partial charge on any atom is 0.0587 e. The van der Waals surface area contributed by atoms with E-state index in [9.17, 15) is 5.11 Å². The van der Waals surface area contributed by atoms with Crippen LogP contribution in [0.5, 0.6) is 0 Å². The predicted molar refractivity (Wildman–Crippen MR) is 82.4 cm³/mol. The lowest BCUT2D eigenvalue weighted by atomic mass is 10.0. The van der Waals surface area contributed by atoms with Gasteiger partial charge in [0.05, 0.1) is 6.61 Å². The molecule has 0 radical (unpaired) electrons. The van der Waals surface area contributed by atoms with E-state index in [-0.39, 0.29) is 6.61 Å². The number of rotatable bonds is 4. The summed E-state index contributed by atoms with van der Waals surface area (Å²) in [7, 11) is 0. The molecule has 3 rings (SSSR count). The number of aliphatic hydroxyl groups excluding tert-OH is 1. The van der Waals surface area contributed by atoms with Crippen molar-refractivity contribution in [3.05, 3.63) is 60.2 Å². The van der Waals surface area contributed by atoms with Gasteiger partial charge < -0.3 is 5.11 Å². The standard InChI is InChI=1S/C18H21NO/c20-14-18-7-4-12-19(18)13-15-8-10-17(11-9-15)16-5-2-1-3-6-16/h1-3,5-6,8-11,18,20H,4,7,12-14H2/t18-/m1/s1. The highest BCUT2D eigenvalue weighted by atomic mass is 16.3. The van der Waals surface area contributed by atoms with E-state index >= 15 is 0 Å². The molecule has 0 amide bonds. The lowest BCUT2D eigenvalue weighted by Gasteiger charge is -2.22. The Hall–Kier alpha value is -1.64. The molecular weight excluding hydrogens is 246 g/mol. The van der Waals surface area contributed by atoms with Crippen LogP contribution in [0.4, 0.5) is 0 Å². The Balaban J connectivity index is 1.70. The fraction of sp³-hybridized carbons (Fsp3) is 0.333. The highest BCUT2D eigenvalue weighted by Crippen LogP contribution is 2.22. The molecule has 2 heteroatoms. The first-order valence-corrected chi connectivity index (χ1v) is 7.36.